The number of hydrogen-bond donors (Lipinski definition) is 3. The second-order valence-electron chi connectivity index (χ2n) is 11.2. The van der Waals surface area contributed by atoms with Gasteiger partial charge in [-0.25, -0.2) is 0 Å². The van der Waals surface area contributed by atoms with Gasteiger partial charge in [-0.3, -0.25) is 14.4 Å². The van der Waals surface area contributed by atoms with Crippen LogP contribution in [0.2, 0.25) is 0 Å². The predicted molar refractivity (Wildman–Crippen MR) is 155 cm³/mol. The maximum atomic E-state index is 14.1. The van der Waals surface area contributed by atoms with E-state index in [-0.39, 0.29) is 23.8 Å². The molecule has 3 atom stereocenters. The van der Waals surface area contributed by atoms with Crippen LogP contribution in [0.15, 0.2) is 78.9 Å². The summed E-state index contributed by atoms with van der Waals surface area (Å²) in [7, 11) is 0. The van der Waals surface area contributed by atoms with Crippen molar-refractivity contribution in [3.63, 3.8) is 0 Å². The van der Waals surface area contributed by atoms with Crippen molar-refractivity contribution in [1.82, 2.24) is 20.5 Å². The number of fused-ring (bicyclic) bond motifs is 7. The Bertz CT molecular complexity index is 1580. The maximum absolute atomic E-state index is 14.1. The lowest BCUT2D eigenvalue weighted by atomic mass is 9.89. The molecule has 6 rings (SSSR count). The summed E-state index contributed by atoms with van der Waals surface area (Å²) in [6, 6.07) is 23.4. The van der Waals surface area contributed by atoms with Crippen LogP contribution in [-0.2, 0) is 22.4 Å². The Labute approximate surface area is 234 Å². The van der Waals surface area contributed by atoms with E-state index in [0.29, 0.717) is 30.9 Å². The van der Waals surface area contributed by atoms with Crippen LogP contribution in [0.3, 0.4) is 0 Å². The van der Waals surface area contributed by atoms with Crippen LogP contribution in [0.5, 0.6) is 0 Å². The van der Waals surface area contributed by atoms with Crippen LogP contribution in [-0.4, -0.2) is 46.2 Å². The first-order valence-corrected chi connectivity index (χ1v) is 14.1. The molecular formula is C33H34N4O3. The molecule has 2 aliphatic rings. The van der Waals surface area contributed by atoms with Crippen molar-refractivity contribution >= 4 is 28.6 Å². The number of para-hydroxylation sites is 1. The Hall–Kier alpha value is -4.39. The minimum atomic E-state index is -0.759. The molecule has 0 saturated heterocycles. The van der Waals surface area contributed by atoms with Gasteiger partial charge in [0.2, 0.25) is 11.8 Å². The second-order valence-corrected chi connectivity index (χ2v) is 11.2. The monoisotopic (exact) mass is 534 g/mol. The summed E-state index contributed by atoms with van der Waals surface area (Å²) in [6.07, 6.45) is 1.59. The Kier molecular flexibility index (Phi) is 6.88. The fourth-order valence-electron chi connectivity index (χ4n) is 6.07. The molecule has 3 heterocycles. The van der Waals surface area contributed by atoms with Crippen LogP contribution in [0.25, 0.3) is 10.9 Å². The topological polar surface area (TPSA) is 94.3 Å². The van der Waals surface area contributed by atoms with Crippen LogP contribution >= 0.6 is 0 Å². The number of amides is 3. The summed E-state index contributed by atoms with van der Waals surface area (Å²) in [5.41, 5.74) is 5.45. The average molecular weight is 535 g/mol. The van der Waals surface area contributed by atoms with Crippen LogP contribution in [0, 0.1) is 5.92 Å². The number of hydrogen-bond acceptors (Lipinski definition) is 3. The summed E-state index contributed by atoms with van der Waals surface area (Å²) in [4.78, 5) is 46.4. The molecule has 204 valence electrons. The van der Waals surface area contributed by atoms with Crippen LogP contribution in [0.4, 0.5) is 0 Å². The summed E-state index contributed by atoms with van der Waals surface area (Å²) >= 11 is 0. The number of rotatable bonds is 8. The Morgan fingerprint density at radius 1 is 0.975 bits per heavy atom. The molecule has 3 N–H and O–H groups in total. The van der Waals surface area contributed by atoms with E-state index >= 15 is 0 Å². The van der Waals surface area contributed by atoms with Gasteiger partial charge < -0.3 is 20.5 Å². The first kappa shape index (κ1) is 25.9. The zero-order chi connectivity index (χ0) is 27.8. The van der Waals surface area contributed by atoms with Crippen molar-refractivity contribution in [2.45, 2.75) is 51.2 Å². The van der Waals surface area contributed by atoms with Gasteiger partial charge in [-0.1, -0.05) is 80.6 Å². The average Bonchev–Trinajstić information content (AvgIpc) is 3.48. The van der Waals surface area contributed by atoms with Gasteiger partial charge in [0, 0.05) is 41.5 Å². The molecule has 3 amide bonds. The van der Waals surface area contributed by atoms with Crippen molar-refractivity contribution in [3.8, 4) is 0 Å². The zero-order valence-corrected chi connectivity index (χ0v) is 22.8. The first-order chi connectivity index (χ1) is 19.4. The molecule has 0 saturated carbocycles. The molecule has 4 aromatic rings. The predicted octanol–water partition coefficient (Wildman–Crippen LogP) is 4.53. The number of H-pyrrole nitrogens is 1. The van der Waals surface area contributed by atoms with Crippen LogP contribution < -0.4 is 10.6 Å². The van der Waals surface area contributed by atoms with Gasteiger partial charge >= 0.3 is 0 Å². The largest absolute Gasteiger partial charge is 0.356 e. The van der Waals surface area contributed by atoms with E-state index in [0.717, 1.165) is 39.7 Å². The molecule has 0 bridgehead atoms. The summed E-state index contributed by atoms with van der Waals surface area (Å²) in [6.45, 7) is 4.76. The molecule has 0 aliphatic carbocycles. The molecule has 0 fully saturated rings. The lowest BCUT2D eigenvalue weighted by Gasteiger charge is -2.37. The quantitative estimate of drug-likeness (QED) is 0.310. The van der Waals surface area contributed by atoms with Gasteiger partial charge in [-0.05, 0) is 41.2 Å². The Balaban J connectivity index is 1.34. The number of aromatic amines is 1. The molecule has 40 heavy (non-hydrogen) atoms. The number of nitrogens with one attached hydrogen (secondary N) is 3. The standard InChI is InChI=1S/C33H34N4O3/c1-20(2)16-17-34-31(38)27(18-21-10-4-3-5-11-21)36-32(39)28-19-25-22-12-8-9-15-26(22)35-29(25)30-23-13-6-7-14-24(23)33(40)37(28)30/h3-15,20,27-28,30,35H,16-19H2,1-2H3,(H,34,38)(H,36,39)/t27-,28-,30+/m0/s1. The molecule has 0 radical (unpaired) electrons. The van der Waals surface area contributed by atoms with Crippen molar-refractivity contribution in [2.24, 2.45) is 5.92 Å². The van der Waals surface area contributed by atoms with Gasteiger partial charge in [0.05, 0.1) is 6.04 Å². The summed E-state index contributed by atoms with van der Waals surface area (Å²) in [5.74, 6) is -0.239. The van der Waals surface area contributed by atoms with Crippen molar-refractivity contribution in [2.75, 3.05) is 6.54 Å². The third kappa shape index (κ3) is 4.66. The number of benzene rings is 3. The molecule has 1 aromatic heterocycles. The minimum Gasteiger partial charge on any atom is -0.356 e. The highest BCUT2D eigenvalue weighted by atomic mass is 16.2. The van der Waals surface area contributed by atoms with E-state index in [2.05, 4.69) is 35.5 Å². The third-order valence-corrected chi connectivity index (χ3v) is 8.09. The third-order valence-electron chi connectivity index (χ3n) is 8.09. The van der Waals surface area contributed by atoms with E-state index in [1.54, 1.807) is 4.90 Å². The first-order valence-electron chi connectivity index (χ1n) is 14.1. The van der Waals surface area contributed by atoms with Crippen molar-refractivity contribution < 1.29 is 14.4 Å². The van der Waals surface area contributed by atoms with Crippen LogP contribution in [0.1, 0.15) is 59.1 Å². The van der Waals surface area contributed by atoms with E-state index in [9.17, 15) is 14.4 Å². The molecular weight excluding hydrogens is 500 g/mol. The summed E-state index contributed by atoms with van der Waals surface area (Å²) in [5, 5.41) is 7.11. The summed E-state index contributed by atoms with van der Waals surface area (Å²) < 4.78 is 0. The molecule has 2 aliphatic heterocycles. The van der Waals surface area contributed by atoms with E-state index in [4.69, 9.17) is 0 Å². The maximum Gasteiger partial charge on any atom is 0.255 e. The SMILES string of the molecule is CC(C)CCNC(=O)[C@H](Cc1ccccc1)NC(=O)[C@@H]1Cc2c([nH]c3ccccc23)[C@H]2c3ccccc3C(=O)N21. The van der Waals surface area contributed by atoms with Gasteiger partial charge in [0.25, 0.3) is 5.91 Å². The van der Waals surface area contributed by atoms with Crippen molar-refractivity contribution in [1.29, 1.82) is 0 Å². The lowest BCUT2D eigenvalue weighted by Crippen LogP contribution is -2.57. The highest BCUT2D eigenvalue weighted by molar-refractivity contribution is 6.04. The number of carbonyl (C=O) groups is 3. The minimum absolute atomic E-state index is 0.161. The highest BCUT2D eigenvalue weighted by Gasteiger charge is 2.49. The Morgan fingerprint density at radius 2 is 1.70 bits per heavy atom. The normalized spacial score (nSPS) is 18.3. The molecule has 7 heteroatoms. The van der Waals surface area contributed by atoms with Gasteiger partial charge in [0.1, 0.15) is 12.1 Å². The molecule has 3 aromatic carbocycles. The van der Waals surface area contributed by atoms with E-state index in [1.807, 2.05) is 72.8 Å². The zero-order valence-electron chi connectivity index (χ0n) is 22.8. The molecule has 0 unspecified atom stereocenters. The number of carbonyl (C=O) groups excluding carboxylic acids is 3. The van der Waals surface area contributed by atoms with Gasteiger partial charge in [-0.15, -0.1) is 0 Å². The number of aromatic nitrogens is 1. The van der Waals surface area contributed by atoms with Gasteiger partial charge in [-0.2, -0.15) is 0 Å². The highest BCUT2D eigenvalue weighted by Crippen LogP contribution is 2.46. The van der Waals surface area contributed by atoms with Gasteiger partial charge in [0.15, 0.2) is 0 Å². The van der Waals surface area contributed by atoms with Crippen molar-refractivity contribution in [3.05, 3.63) is 107 Å². The molecule has 7 nitrogen and oxygen atoms in total. The van der Waals surface area contributed by atoms with E-state index < -0.39 is 12.1 Å². The number of nitrogens with zero attached hydrogens (tertiary/aromatic N) is 1. The lowest BCUT2D eigenvalue weighted by molar-refractivity contribution is -0.132. The fraction of sp³-hybridized carbons (Fsp3) is 0.303. The molecule has 0 spiro atoms. The Morgan fingerprint density at radius 3 is 2.50 bits per heavy atom. The fourth-order valence-corrected chi connectivity index (χ4v) is 6.07. The smallest absolute Gasteiger partial charge is 0.255 e. The second kappa shape index (κ2) is 10.6. The van der Waals surface area contributed by atoms with E-state index in [1.165, 1.54) is 0 Å².